The largest absolute Gasteiger partial charge is 0.354 e. The van der Waals surface area contributed by atoms with Gasteiger partial charge in [0.1, 0.15) is 0 Å². The minimum absolute atomic E-state index is 0. The van der Waals surface area contributed by atoms with Crippen molar-refractivity contribution in [3.8, 4) is 0 Å². The van der Waals surface area contributed by atoms with Gasteiger partial charge in [-0.2, -0.15) is 0 Å². The Balaban J connectivity index is 0.00000256. The van der Waals surface area contributed by atoms with Gasteiger partial charge in [0, 0.05) is 11.4 Å². The lowest BCUT2D eigenvalue weighted by molar-refractivity contribution is -0.123. The normalized spacial score (nSPS) is 12.1. The van der Waals surface area contributed by atoms with Crippen LogP contribution in [-0.4, -0.2) is 18.5 Å². The number of carbonyl (C=O) groups is 1. The minimum atomic E-state index is -0.407. The van der Waals surface area contributed by atoms with Crippen molar-refractivity contribution in [3.05, 3.63) is 20.8 Å². The van der Waals surface area contributed by atoms with E-state index in [0.717, 1.165) is 10.2 Å². The summed E-state index contributed by atoms with van der Waals surface area (Å²) in [4.78, 5) is 12.8. The van der Waals surface area contributed by atoms with E-state index in [2.05, 4.69) is 27.3 Å². The third-order valence-electron chi connectivity index (χ3n) is 2.32. The molecule has 6 heteroatoms. The maximum atomic E-state index is 11.5. The van der Waals surface area contributed by atoms with Crippen LogP contribution in [0.5, 0.6) is 0 Å². The summed E-state index contributed by atoms with van der Waals surface area (Å²) in [6.45, 7) is 4.54. The SMILES string of the molecule is CC(C)C(N)C(=O)NCCc1ccc(Br)s1.Cl. The number of carbonyl (C=O) groups excluding carboxylic acids is 1. The Labute approximate surface area is 121 Å². The van der Waals surface area contributed by atoms with E-state index in [1.54, 1.807) is 11.3 Å². The van der Waals surface area contributed by atoms with Gasteiger partial charge in [0.15, 0.2) is 0 Å². The fourth-order valence-electron chi connectivity index (χ4n) is 1.22. The number of hydrogen-bond acceptors (Lipinski definition) is 3. The van der Waals surface area contributed by atoms with E-state index in [9.17, 15) is 4.79 Å². The zero-order valence-electron chi connectivity index (χ0n) is 9.90. The molecule has 0 radical (unpaired) electrons. The molecule has 0 aromatic carbocycles. The van der Waals surface area contributed by atoms with Crippen LogP contribution in [0.2, 0.25) is 0 Å². The van der Waals surface area contributed by atoms with E-state index in [-0.39, 0.29) is 24.2 Å². The number of nitrogens with two attached hydrogens (primary N) is 1. The van der Waals surface area contributed by atoms with Gasteiger partial charge in [-0.15, -0.1) is 23.7 Å². The molecule has 3 nitrogen and oxygen atoms in total. The van der Waals surface area contributed by atoms with Gasteiger partial charge in [-0.05, 0) is 40.4 Å². The lowest BCUT2D eigenvalue weighted by atomic mass is 10.1. The molecule has 1 aromatic heterocycles. The highest BCUT2D eigenvalue weighted by atomic mass is 79.9. The topological polar surface area (TPSA) is 55.1 Å². The molecule has 1 amide bonds. The molecule has 0 bridgehead atoms. The van der Waals surface area contributed by atoms with Gasteiger partial charge in [0.05, 0.1) is 9.83 Å². The van der Waals surface area contributed by atoms with Crippen LogP contribution in [0.25, 0.3) is 0 Å². The Morgan fingerprint density at radius 1 is 1.53 bits per heavy atom. The van der Waals surface area contributed by atoms with Crippen LogP contribution in [0.1, 0.15) is 18.7 Å². The summed E-state index contributed by atoms with van der Waals surface area (Å²) < 4.78 is 1.12. The molecule has 17 heavy (non-hydrogen) atoms. The molecule has 0 aliphatic rings. The molecule has 1 unspecified atom stereocenters. The third-order valence-corrected chi connectivity index (χ3v) is 4.00. The smallest absolute Gasteiger partial charge is 0.237 e. The Hall–Kier alpha value is -0.100. The second kappa shape index (κ2) is 8.08. The molecule has 98 valence electrons. The Morgan fingerprint density at radius 2 is 2.18 bits per heavy atom. The van der Waals surface area contributed by atoms with Crippen LogP contribution in [0, 0.1) is 5.92 Å². The summed E-state index contributed by atoms with van der Waals surface area (Å²) in [6, 6.07) is 3.67. The molecule has 0 spiro atoms. The molecular formula is C11H18BrClN2OS. The first-order valence-corrected chi connectivity index (χ1v) is 6.89. The van der Waals surface area contributed by atoms with Crippen LogP contribution in [0.3, 0.4) is 0 Å². The van der Waals surface area contributed by atoms with Crippen molar-refractivity contribution < 1.29 is 4.79 Å². The molecule has 1 rings (SSSR count). The average molecular weight is 342 g/mol. The lowest BCUT2D eigenvalue weighted by Crippen LogP contribution is -2.44. The second-order valence-electron chi connectivity index (χ2n) is 4.02. The predicted octanol–water partition coefficient (Wildman–Crippen LogP) is 2.57. The first-order chi connectivity index (χ1) is 7.50. The summed E-state index contributed by atoms with van der Waals surface area (Å²) in [7, 11) is 0. The zero-order chi connectivity index (χ0) is 12.1. The van der Waals surface area contributed by atoms with E-state index in [1.165, 1.54) is 4.88 Å². The van der Waals surface area contributed by atoms with Crippen LogP contribution in [-0.2, 0) is 11.2 Å². The Bertz CT molecular complexity index is 357. The maximum absolute atomic E-state index is 11.5. The van der Waals surface area contributed by atoms with Crippen molar-refractivity contribution >= 4 is 45.6 Å². The van der Waals surface area contributed by atoms with Crippen LogP contribution < -0.4 is 11.1 Å². The Kier molecular flexibility index (Phi) is 8.03. The minimum Gasteiger partial charge on any atom is -0.354 e. The lowest BCUT2D eigenvalue weighted by Gasteiger charge is -2.14. The number of hydrogen-bond donors (Lipinski definition) is 2. The fraction of sp³-hybridized carbons (Fsp3) is 0.545. The monoisotopic (exact) mass is 340 g/mol. The van der Waals surface area contributed by atoms with Crippen molar-refractivity contribution in [1.29, 1.82) is 0 Å². The highest BCUT2D eigenvalue weighted by Crippen LogP contribution is 2.21. The van der Waals surface area contributed by atoms with Gasteiger partial charge >= 0.3 is 0 Å². The van der Waals surface area contributed by atoms with Crippen molar-refractivity contribution in [2.24, 2.45) is 11.7 Å². The van der Waals surface area contributed by atoms with Crippen molar-refractivity contribution in [2.75, 3.05) is 6.54 Å². The molecule has 1 atom stereocenters. The highest BCUT2D eigenvalue weighted by Gasteiger charge is 2.16. The van der Waals surface area contributed by atoms with Gasteiger partial charge < -0.3 is 11.1 Å². The molecule has 0 saturated heterocycles. The van der Waals surface area contributed by atoms with E-state index in [0.29, 0.717) is 6.54 Å². The van der Waals surface area contributed by atoms with Gasteiger partial charge in [-0.3, -0.25) is 4.79 Å². The summed E-state index contributed by atoms with van der Waals surface area (Å²) in [5.41, 5.74) is 5.73. The molecule has 0 aliphatic heterocycles. The fourth-order valence-corrected chi connectivity index (χ4v) is 2.70. The maximum Gasteiger partial charge on any atom is 0.237 e. The average Bonchev–Trinajstić information content (AvgIpc) is 2.62. The molecule has 0 saturated carbocycles. The molecular weight excluding hydrogens is 324 g/mol. The Morgan fingerprint density at radius 3 is 2.65 bits per heavy atom. The van der Waals surface area contributed by atoms with E-state index in [1.807, 2.05) is 19.9 Å². The van der Waals surface area contributed by atoms with Gasteiger partial charge in [-0.25, -0.2) is 0 Å². The van der Waals surface area contributed by atoms with E-state index in [4.69, 9.17) is 5.73 Å². The van der Waals surface area contributed by atoms with E-state index < -0.39 is 6.04 Å². The number of nitrogens with one attached hydrogen (secondary N) is 1. The molecule has 0 fully saturated rings. The van der Waals surface area contributed by atoms with E-state index >= 15 is 0 Å². The first-order valence-electron chi connectivity index (χ1n) is 5.28. The number of thiophene rings is 1. The van der Waals surface area contributed by atoms with Gasteiger partial charge in [0.25, 0.3) is 0 Å². The molecule has 0 aliphatic carbocycles. The second-order valence-corrected chi connectivity index (χ2v) is 6.56. The zero-order valence-corrected chi connectivity index (χ0v) is 13.1. The number of amides is 1. The molecule has 1 aromatic rings. The standard InChI is InChI=1S/C11H17BrN2OS.ClH/c1-7(2)10(13)11(15)14-6-5-8-3-4-9(12)16-8;/h3-4,7,10H,5-6,13H2,1-2H3,(H,14,15);1H. The van der Waals surface area contributed by atoms with Crippen LogP contribution >= 0.6 is 39.7 Å². The summed E-state index contributed by atoms with van der Waals surface area (Å²) in [5, 5.41) is 2.85. The van der Waals surface area contributed by atoms with Gasteiger partial charge in [-0.1, -0.05) is 13.8 Å². The summed E-state index contributed by atoms with van der Waals surface area (Å²) in [6.07, 6.45) is 0.854. The summed E-state index contributed by atoms with van der Waals surface area (Å²) >= 11 is 5.09. The van der Waals surface area contributed by atoms with Crippen molar-refractivity contribution in [1.82, 2.24) is 5.32 Å². The summed E-state index contributed by atoms with van der Waals surface area (Å²) in [5.74, 6) is 0.113. The quantitative estimate of drug-likeness (QED) is 0.865. The van der Waals surface area contributed by atoms with Gasteiger partial charge in [0.2, 0.25) is 5.91 Å². The van der Waals surface area contributed by atoms with Crippen LogP contribution in [0.15, 0.2) is 15.9 Å². The highest BCUT2D eigenvalue weighted by molar-refractivity contribution is 9.11. The molecule has 1 heterocycles. The third kappa shape index (κ3) is 5.86. The number of halogens is 2. The van der Waals surface area contributed by atoms with Crippen molar-refractivity contribution in [3.63, 3.8) is 0 Å². The predicted molar refractivity (Wildman–Crippen MR) is 78.8 cm³/mol. The molecule has 3 N–H and O–H groups in total. The first kappa shape index (κ1) is 16.9. The number of rotatable bonds is 5. The van der Waals surface area contributed by atoms with Crippen LogP contribution in [0.4, 0.5) is 0 Å². The van der Waals surface area contributed by atoms with Crippen molar-refractivity contribution in [2.45, 2.75) is 26.3 Å².